The second-order valence-corrected chi connectivity index (χ2v) is 7.01. The molecule has 9 nitrogen and oxygen atoms in total. The van der Waals surface area contributed by atoms with Crippen molar-refractivity contribution in [2.75, 3.05) is 18.1 Å². The number of carbonyl (C=O) groups is 3. The summed E-state index contributed by atoms with van der Waals surface area (Å²) in [6, 6.07) is 3.93. The summed E-state index contributed by atoms with van der Waals surface area (Å²) in [7, 11) is 0. The van der Waals surface area contributed by atoms with Crippen LogP contribution in [-0.4, -0.2) is 62.8 Å². The summed E-state index contributed by atoms with van der Waals surface area (Å²) in [4.78, 5) is 47.6. The van der Waals surface area contributed by atoms with E-state index in [0.717, 1.165) is 6.07 Å². The molecule has 140 valence electrons. The average Bonchev–Trinajstić information content (AvgIpc) is 2.61. The average molecular weight is 381 g/mol. The van der Waals surface area contributed by atoms with Gasteiger partial charge in [-0.25, -0.2) is 0 Å². The minimum absolute atomic E-state index is 0.0788. The van der Waals surface area contributed by atoms with Crippen LogP contribution in [0, 0.1) is 10.1 Å². The van der Waals surface area contributed by atoms with Gasteiger partial charge in [0.05, 0.1) is 17.4 Å². The third-order valence-corrected chi connectivity index (χ3v) is 5.05. The first-order chi connectivity index (χ1) is 12.3. The van der Waals surface area contributed by atoms with Crippen LogP contribution >= 0.6 is 11.8 Å². The maximum absolute atomic E-state index is 12.6. The van der Waals surface area contributed by atoms with Crippen LogP contribution in [0.15, 0.2) is 24.3 Å². The fraction of sp³-hybridized carbons (Fsp3) is 0.438. The van der Waals surface area contributed by atoms with Gasteiger partial charge in [-0.2, -0.15) is 11.8 Å². The number of benzene rings is 1. The number of nitro benzene ring substituents is 1. The minimum atomic E-state index is -0.983. The summed E-state index contributed by atoms with van der Waals surface area (Å²) in [5.74, 6) is -0.716. The van der Waals surface area contributed by atoms with Gasteiger partial charge in [0.15, 0.2) is 0 Å². The summed E-state index contributed by atoms with van der Waals surface area (Å²) >= 11 is 1.58. The number of amides is 2. The van der Waals surface area contributed by atoms with Gasteiger partial charge in [-0.3, -0.25) is 24.5 Å². The second kappa shape index (κ2) is 8.65. The van der Waals surface area contributed by atoms with E-state index in [1.807, 2.05) is 0 Å². The van der Waals surface area contributed by atoms with Crippen LogP contribution in [0.4, 0.5) is 5.69 Å². The van der Waals surface area contributed by atoms with Gasteiger partial charge >= 0.3 is 5.97 Å². The van der Waals surface area contributed by atoms with Gasteiger partial charge in [0.25, 0.3) is 11.6 Å². The maximum atomic E-state index is 12.6. The first-order valence-electron chi connectivity index (χ1n) is 7.95. The summed E-state index contributed by atoms with van der Waals surface area (Å²) in [5, 5.41) is 22.3. The number of nitro groups is 1. The molecule has 2 N–H and O–H groups in total. The summed E-state index contributed by atoms with van der Waals surface area (Å²) < 4.78 is 0. The zero-order valence-corrected chi connectivity index (χ0v) is 14.9. The van der Waals surface area contributed by atoms with Crippen LogP contribution < -0.4 is 5.32 Å². The number of thioether (sulfide) groups is 1. The van der Waals surface area contributed by atoms with Gasteiger partial charge in [0, 0.05) is 35.7 Å². The molecular formula is C16H19N3O6S. The first-order valence-corrected chi connectivity index (χ1v) is 9.10. The largest absolute Gasteiger partial charge is 0.481 e. The van der Waals surface area contributed by atoms with E-state index in [1.54, 1.807) is 11.8 Å². The van der Waals surface area contributed by atoms with Crippen molar-refractivity contribution < 1.29 is 24.4 Å². The summed E-state index contributed by atoms with van der Waals surface area (Å²) in [6.07, 6.45) is -0.149. The Morgan fingerprint density at radius 2 is 2.19 bits per heavy atom. The van der Waals surface area contributed by atoms with Gasteiger partial charge in [-0.05, 0) is 13.0 Å². The third-order valence-electron chi connectivity index (χ3n) is 3.96. The second-order valence-electron chi connectivity index (χ2n) is 5.86. The lowest BCUT2D eigenvalue weighted by Gasteiger charge is -2.36. The lowest BCUT2D eigenvalue weighted by atomic mass is 10.1. The molecule has 1 saturated heterocycles. The number of nitrogens with zero attached hydrogens (tertiary/aromatic N) is 2. The smallest absolute Gasteiger partial charge is 0.305 e. The highest BCUT2D eigenvalue weighted by Crippen LogP contribution is 2.20. The van der Waals surface area contributed by atoms with Crippen molar-refractivity contribution in [3.05, 3.63) is 39.9 Å². The van der Waals surface area contributed by atoms with E-state index in [4.69, 9.17) is 5.11 Å². The Kier molecular flexibility index (Phi) is 6.56. The fourth-order valence-electron chi connectivity index (χ4n) is 2.67. The molecule has 2 rings (SSSR count). The first kappa shape index (κ1) is 19.7. The Balaban J connectivity index is 2.05. The highest BCUT2D eigenvalue weighted by Gasteiger charge is 2.32. The number of carboxylic acid groups (broad SMARTS) is 1. The summed E-state index contributed by atoms with van der Waals surface area (Å²) in [5.41, 5.74) is -0.138. The number of non-ortho nitro benzene ring substituents is 1. The standard InChI is InChI=1S/C16H19N3O6S/c1-10(16(23)18-5-6-26-9-13(18)8-14(20)21)17-15(22)11-3-2-4-12(7-11)19(24)25/h2-4,7,10,13H,5-6,8-9H2,1H3,(H,17,22)(H,20,21). The molecule has 2 unspecified atom stereocenters. The molecule has 0 radical (unpaired) electrons. The van der Waals surface area contributed by atoms with E-state index in [-0.39, 0.29) is 23.6 Å². The Morgan fingerprint density at radius 1 is 1.46 bits per heavy atom. The molecular weight excluding hydrogens is 362 g/mol. The van der Waals surface area contributed by atoms with Crippen LogP contribution in [0.2, 0.25) is 0 Å². The minimum Gasteiger partial charge on any atom is -0.481 e. The zero-order valence-electron chi connectivity index (χ0n) is 14.1. The van der Waals surface area contributed by atoms with Crippen LogP contribution in [0.25, 0.3) is 0 Å². The number of carboxylic acids is 1. The highest BCUT2D eigenvalue weighted by atomic mass is 32.2. The number of rotatable bonds is 6. The van der Waals surface area contributed by atoms with E-state index >= 15 is 0 Å². The highest BCUT2D eigenvalue weighted by molar-refractivity contribution is 7.99. The van der Waals surface area contributed by atoms with Crippen molar-refractivity contribution in [1.82, 2.24) is 10.2 Å². The van der Waals surface area contributed by atoms with Gasteiger partial charge in [0.2, 0.25) is 5.91 Å². The SMILES string of the molecule is CC(NC(=O)c1cccc([N+](=O)[O-])c1)C(=O)N1CCSCC1CC(=O)O. The molecule has 1 heterocycles. The molecule has 26 heavy (non-hydrogen) atoms. The monoisotopic (exact) mass is 381 g/mol. The van der Waals surface area contributed by atoms with Crippen molar-refractivity contribution in [2.45, 2.75) is 25.4 Å². The molecule has 1 aliphatic rings. The quantitative estimate of drug-likeness (QED) is 0.558. The molecule has 1 aromatic carbocycles. The van der Waals surface area contributed by atoms with E-state index in [1.165, 1.54) is 30.0 Å². The van der Waals surface area contributed by atoms with Gasteiger partial charge in [-0.15, -0.1) is 0 Å². The molecule has 0 saturated carbocycles. The Labute approximate surface area is 153 Å². The van der Waals surface area contributed by atoms with Crippen LogP contribution in [-0.2, 0) is 9.59 Å². The molecule has 0 aromatic heterocycles. The molecule has 10 heteroatoms. The normalized spacial score (nSPS) is 18.0. The molecule has 1 aromatic rings. The number of nitrogens with one attached hydrogen (secondary N) is 1. The topological polar surface area (TPSA) is 130 Å². The molecule has 0 bridgehead atoms. The predicted octanol–water partition coefficient (Wildman–Crippen LogP) is 1.13. The molecule has 2 atom stereocenters. The molecule has 1 fully saturated rings. The van der Waals surface area contributed by atoms with Crippen LogP contribution in [0.5, 0.6) is 0 Å². The molecule has 1 aliphatic heterocycles. The zero-order chi connectivity index (χ0) is 19.3. The van der Waals surface area contributed by atoms with Gasteiger partial charge in [0.1, 0.15) is 6.04 Å². The lowest BCUT2D eigenvalue weighted by Crippen LogP contribution is -2.54. The van der Waals surface area contributed by atoms with Gasteiger partial charge in [-0.1, -0.05) is 6.07 Å². The molecule has 0 aliphatic carbocycles. The van der Waals surface area contributed by atoms with Crippen molar-refractivity contribution in [2.24, 2.45) is 0 Å². The number of hydrogen-bond acceptors (Lipinski definition) is 6. The number of carbonyl (C=O) groups excluding carboxylic acids is 2. The van der Waals surface area contributed by atoms with Gasteiger partial charge < -0.3 is 15.3 Å². The van der Waals surface area contributed by atoms with E-state index in [2.05, 4.69) is 5.32 Å². The van der Waals surface area contributed by atoms with Crippen molar-refractivity contribution in [3.63, 3.8) is 0 Å². The Hall–Kier alpha value is -2.62. The van der Waals surface area contributed by atoms with Crippen LogP contribution in [0.3, 0.4) is 0 Å². The van der Waals surface area contributed by atoms with E-state index in [9.17, 15) is 24.5 Å². The summed E-state index contributed by atoms with van der Waals surface area (Å²) in [6.45, 7) is 1.93. The molecule has 0 spiro atoms. The predicted molar refractivity (Wildman–Crippen MR) is 95.1 cm³/mol. The maximum Gasteiger partial charge on any atom is 0.305 e. The number of hydrogen-bond donors (Lipinski definition) is 2. The van der Waals surface area contributed by atoms with Crippen molar-refractivity contribution in [1.29, 1.82) is 0 Å². The third kappa shape index (κ3) is 4.94. The van der Waals surface area contributed by atoms with Crippen molar-refractivity contribution >= 4 is 35.2 Å². The lowest BCUT2D eigenvalue weighted by molar-refractivity contribution is -0.384. The van der Waals surface area contributed by atoms with Crippen molar-refractivity contribution in [3.8, 4) is 0 Å². The van der Waals surface area contributed by atoms with Crippen LogP contribution in [0.1, 0.15) is 23.7 Å². The number of aliphatic carboxylic acids is 1. The molecule has 2 amide bonds. The fourth-order valence-corrected chi connectivity index (χ4v) is 3.73. The Bertz CT molecular complexity index is 726. The van der Waals surface area contributed by atoms with E-state index < -0.39 is 28.9 Å². The Morgan fingerprint density at radius 3 is 2.85 bits per heavy atom. The van der Waals surface area contributed by atoms with E-state index in [0.29, 0.717) is 18.1 Å².